The van der Waals surface area contributed by atoms with Crippen LogP contribution in [0.15, 0.2) is 0 Å². The van der Waals surface area contributed by atoms with E-state index in [2.05, 4.69) is 5.32 Å². The highest BCUT2D eigenvalue weighted by Crippen LogP contribution is 2.06. The molecule has 0 aliphatic rings. The van der Waals surface area contributed by atoms with Crippen LogP contribution in [0.25, 0.3) is 0 Å². The Kier molecular flexibility index (Phi) is 30.6. The van der Waals surface area contributed by atoms with Crippen molar-refractivity contribution in [2.75, 3.05) is 125 Å². The number of carbonyl (C=O) groups is 2. The van der Waals surface area contributed by atoms with Crippen LogP contribution in [0.2, 0.25) is 0 Å². The van der Waals surface area contributed by atoms with Crippen LogP contribution in [-0.4, -0.2) is 148 Å². The molecule has 0 aliphatic heterocycles. The fourth-order valence-electron chi connectivity index (χ4n) is 3.03. The van der Waals surface area contributed by atoms with Gasteiger partial charge in [-0.05, 0) is 40.0 Å². The van der Waals surface area contributed by atoms with Crippen molar-refractivity contribution in [1.29, 1.82) is 0 Å². The number of hydrogen-bond donors (Lipinski definition) is 2. The van der Waals surface area contributed by atoms with Crippen LogP contribution in [0, 0.1) is 0 Å². The zero-order valence-electron chi connectivity index (χ0n) is 26.6. The number of aliphatic carboxylic acids is 1. The first kappa shape index (κ1) is 41.4. The number of carboxylic acid groups (broad SMARTS) is 1. The Balaban J connectivity index is 3.10. The predicted octanol–water partition coefficient (Wildman–Crippen LogP) is 2.31. The molecule has 0 saturated heterocycles. The number of ether oxygens (including phenoxy) is 10. The fraction of sp³-hybridized carbons (Fsp3) is 0.931. The number of unbranched alkanes of at least 4 members (excludes halogenated alkanes) is 2. The summed E-state index contributed by atoms with van der Waals surface area (Å²) < 4.78 is 53.9. The Labute approximate surface area is 257 Å². The van der Waals surface area contributed by atoms with Crippen molar-refractivity contribution in [3.05, 3.63) is 0 Å². The van der Waals surface area contributed by atoms with Gasteiger partial charge in [0.25, 0.3) is 0 Å². The second-order valence-corrected chi connectivity index (χ2v) is 10.1. The van der Waals surface area contributed by atoms with Gasteiger partial charge in [-0.25, -0.2) is 4.79 Å². The van der Waals surface area contributed by atoms with Gasteiger partial charge in [0.1, 0.15) is 5.60 Å². The minimum Gasteiger partial charge on any atom is -0.481 e. The molecule has 0 radical (unpaired) electrons. The molecule has 0 unspecified atom stereocenters. The number of nitrogens with one attached hydrogen (secondary N) is 1. The van der Waals surface area contributed by atoms with Crippen molar-refractivity contribution < 1.29 is 62.1 Å². The molecule has 0 aliphatic carbocycles. The van der Waals surface area contributed by atoms with E-state index in [0.717, 1.165) is 19.3 Å². The molecular formula is C29H57NO13. The maximum atomic E-state index is 11.5. The predicted molar refractivity (Wildman–Crippen MR) is 158 cm³/mol. The second-order valence-electron chi connectivity index (χ2n) is 10.1. The quantitative estimate of drug-likeness (QED) is 0.102. The van der Waals surface area contributed by atoms with Crippen LogP contribution in [0.3, 0.4) is 0 Å². The summed E-state index contributed by atoms with van der Waals surface area (Å²) in [7, 11) is 0. The largest absolute Gasteiger partial charge is 0.481 e. The van der Waals surface area contributed by atoms with Crippen LogP contribution < -0.4 is 5.32 Å². The van der Waals surface area contributed by atoms with Crippen molar-refractivity contribution in [3.63, 3.8) is 0 Å². The molecule has 0 spiro atoms. The molecule has 0 aromatic heterocycles. The molecule has 0 atom stereocenters. The summed E-state index contributed by atoms with van der Waals surface area (Å²) in [5.74, 6) is -0.865. The van der Waals surface area contributed by atoms with Gasteiger partial charge in [0.05, 0.1) is 112 Å². The third-order valence-corrected chi connectivity index (χ3v) is 5.06. The van der Waals surface area contributed by atoms with E-state index in [4.69, 9.17) is 52.5 Å². The van der Waals surface area contributed by atoms with E-state index in [1.54, 1.807) is 0 Å². The van der Waals surface area contributed by atoms with Crippen molar-refractivity contribution in [2.24, 2.45) is 0 Å². The summed E-state index contributed by atoms with van der Waals surface area (Å²) in [4.78, 5) is 21.8. The van der Waals surface area contributed by atoms with E-state index in [0.29, 0.717) is 119 Å². The Morgan fingerprint density at radius 2 is 0.814 bits per heavy atom. The Bertz CT molecular complexity index is 620. The average molecular weight is 628 g/mol. The Hall–Kier alpha value is -1.62. The minimum atomic E-state index is -0.865. The molecule has 0 heterocycles. The maximum Gasteiger partial charge on any atom is 0.407 e. The molecular weight excluding hydrogens is 570 g/mol. The van der Waals surface area contributed by atoms with Gasteiger partial charge in [0, 0.05) is 19.8 Å². The highest BCUT2D eigenvalue weighted by Gasteiger charge is 2.15. The topological polar surface area (TPSA) is 159 Å². The molecule has 0 fully saturated rings. The molecule has 0 saturated carbocycles. The van der Waals surface area contributed by atoms with Crippen molar-refractivity contribution >= 4 is 12.1 Å². The molecule has 1 amide bonds. The van der Waals surface area contributed by atoms with Gasteiger partial charge in [-0.3, -0.25) is 4.79 Å². The minimum absolute atomic E-state index is 0.00863. The van der Waals surface area contributed by atoms with Crippen LogP contribution in [-0.2, 0) is 52.2 Å². The number of amides is 1. The van der Waals surface area contributed by atoms with Gasteiger partial charge >= 0.3 is 12.1 Å². The standard InChI is InChI=1S/C29H57NO13/c1-29(2,3)43-28(33)30-8-12-37-16-20-40-22-24-42-26-25-41-23-21-39-18-14-35-10-6-4-5-9-34-13-17-38-19-15-36-11-7-27(31)32/h4-26H2,1-3H3,(H,30,33)(H,31,32). The molecule has 0 aromatic carbocycles. The third-order valence-electron chi connectivity index (χ3n) is 5.06. The summed E-state index contributed by atoms with van der Waals surface area (Å²) in [6.45, 7) is 14.6. The molecule has 43 heavy (non-hydrogen) atoms. The fourth-order valence-corrected chi connectivity index (χ4v) is 3.03. The SMILES string of the molecule is CC(C)(C)OC(=O)NCCOCCOCCOCCOCCOCCOCCCCCOCCOCCOCCC(=O)O. The summed E-state index contributed by atoms with van der Waals surface area (Å²) in [5, 5.41) is 11.1. The van der Waals surface area contributed by atoms with Gasteiger partial charge in [-0.2, -0.15) is 0 Å². The summed E-state index contributed by atoms with van der Waals surface area (Å²) in [6, 6.07) is 0. The van der Waals surface area contributed by atoms with Crippen molar-refractivity contribution in [3.8, 4) is 0 Å². The molecule has 0 aromatic rings. The Morgan fingerprint density at radius 1 is 0.488 bits per heavy atom. The number of carboxylic acids is 1. The monoisotopic (exact) mass is 627 g/mol. The normalized spacial score (nSPS) is 11.6. The lowest BCUT2D eigenvalue weighted by atomic mass is 10.2. The second kappa shape index (κ2) is 31.8. The van der Waals surface area contributed by atoms with E-state index in [-0.39, 0.29) is 13.0 Å². The van der Waals surface area contributed by atoms with Gasteiger partial charge in [0.2, 0.25) is 0 Å². The smallest absolute Gasteiger partial charge is 0.407 e. The van der Waals surface area contributed by atoms with Crippen LogP contribution in [0.4, 0.5) is 4.79 Å². The number of rotatable bonds is 33. The van der Waals surface area contributed by atoms with E-state index < -0.39 is 17.7 Å². The molecule has 14 nitrogen and oxygen atoms in total. The highest BCUT2D eigenvalue weighted by atomic mass is 16.6. The molecule has 2 N–H and O–H groups in total. The third kappa shape index (κ3) is 38.4. The molecule has 0 rings (SSSR count). The van der Waals surface area contributed by atoms with E-state index >= 15 is 0 Å². The number of hydrogen-bond acceptors (Lipinski definition) is 12. The van der Waals surface area contributed by atoms with Gasteiger partial charge in [-0.15, -0.1) is 0 Å². The van der Waals surface area contributed by atoms with Gasteiger partial charge in [-0.1, -0.05) is 0 Å². The van der Waals surface area contributed by atoms with Crippen LogP contribution >= 0.6 is 0 Å². The number of alkyl carbamates (subject to hydrolysis) is 1. The number of carbonyl (C=O) groups excluding carboxylic acids is 1. The molecule has 256 valence electrons. The Morgan fingerprint density at radius 3 is 1.16 bits per heavy atom. The lowest BCUT2D eigenvalue weighted by Crippen LogP contribution is -2.34. The first-order chi connectivity index (χ1) is 20.8. The molecule has 14 heteroatoms. The van der Waals surface area contributed by atoms with Gasteiger partial charge < -0.3 is 57.8 Å². The summed E-state index contributed by atoms with van der Waals surface area (Å²) >= 11 is 0. The first-order valence-corrected chi connectivity index (χ1v) is 15.2. The van der Waals surface area contributed by atoms with Crippen LogP contribution in [0.1, 0.15) is 46.5 Å². The van der Waals surface area contributed by atoms with Crippen molar-refractivity contribution in [2.45, 2.75) is 52.1 Å². The van der Waals surface area contributed by atoms with Gasteiger partial charge in [0.15, 0.2) is 0 Å². The lowest BCUT2D eigenvalue weighted by molar-refractivity contribution is -0.138. The van der Waals surface area contributed by atoms with E-state index in [9.17, 15) is 9.59 Å². The highest BCUT2D eigenvalue weighted by molar-refractivity contribution is 5.67. The lowest BCUT2D eigenvalue weighted by Gasteiger charge is -2.19. The zero-order chi connectivity index (χ0) is 31.7. The van der Waals surface area contributed by atoms with E-state index in [1.165, 1.54) is 0 Å². The van der Waals surface area contributed by atoms with E-state index in [1.807, 2.05) is 20.8 Å². The average Bonchev–Trinajstić information content (AvgIpc) is 2.94. The maximum absolute atomic E-state index is 11.5. The summed E-state index contributed by atoms with van der Waals surface area (Å²) in [5.41, 5.74) is -0.511. The van der Waals surface area contributed by atoms with Crippen molar-refractivity contribution in [1.82, 2.24) is 5.32 Å². The van der Waals surface area contributed by atoms with Crippen LogP contribution in [0.5, 0.6) is 0 Å². The first-order valence-electron chi connectivity index (χ1n) is 15.2. The zero-order valence-corrected chi connectivity index (χ0v) is 26.6. The molecule has 0 bridgehead atoms. The summed E-state index contributed by atoms with van der Waals surface area (Å²) in [6.07, 6.45) is 2.54.